The topological polar surface area (TPSA) is 110 Å². The van der Waals surface area contributed by atoms with Crippen molar-refractivity contribution in [3.8, 4) is 6.07 Å². The lowest BCUT2D eigenvalue weighted by molar-refractivity contribution is -0.431. The molecule has 0 aromatic rings. The third kappa shape index (κ3) is 2.81. The fourth-order valence-corrected chi connectivity index (χ4v) is 4.49. The Morgan fingerprint density at radius 3 is 2.60 bits per heavy atom. The second-order valence-corrected chi connectivity index (χ2v) is 8.05. The Balaban J connectivity index is 2.00. The van der Waals surface area contributed by atoms with Crippen LogP contribution >= 0.6 is 0 Å². The summed E-state index contributed by atoms with van der Waals surface area (Å²) in [6.45, 7) is 4.05. The maximum Gasteiger partial charge on any atom is 0.501 e. The molecule has 1 atom stereocenters. The summed E-state index contributed by atoms with van der Waals surface area (Å²) in [5.74, 6) is -0.502. The first-order valence-corrected chi connectivity index (χ1v) is 9.68. The zero-order chi connectivity index (χ0) is 18.4. The van der Waals surface area contributed by atoms with Gasteiger partial charge in [0.1, 0.15) is 22.1 Å². The molecule has 0 radical (unpaired) electrons. The van der Waals surface area contributed by atoms with Crippen molar-refractivity contribution in [3.05, 3.63) is 23.8 Å². The Morgan fingerprint density at radius 1 is 1.40 bits per heavy atom. The molecule has 1 heterocycles. The minimum Gasteiger partial charge on any atom is -0.240 e. The van der Waals surface area contributed by atoms with Crippen LogP contribution in [0.2, 0.25) is 0 Å². The number of amides is 3. The molecule has 3 aliphatic rings. The number of hydrogen-bond donors (Lipinski definition) is 1. The molecule has 1 fully saturated rings. The van der Waals surface area contributed by atoms with E-state index in [9.17, 15) is 18.0 Å². The number of rotatable bonds is 5. The van der Waals surface area contributed by atoms with Crippen LogP contribution < -0.4 is 4.72 Å². The molecular formula is C16H19N4O4S+. The molecule has 132 valence electrons. The molecule has 8 nitrogen and oxygen atoms in total. The van der Waals surface area contributed by atoms with Crippen molar-refractivity contribution in [1.82, 2.24) is 9.62 Å². The van der Waals surface area contributed by atoms with Crippen molar-refractivity contribution in [3.63, 3.8) is 0 Å². The number of likely N-dealkylation sites (N-methyl/N-ethyl adjacent to an activating group) is 1. The number of carbonyl (C=O) groups excluding carboxylic acids is 2. The van der Waals surface area contributed by atoms with Crippen molar-refractivity contribution in [1.29, 1.82) is 5.26 Å². The van der Waals surface area contributed by atoms with Crippen LogP contribution in [0.15, 0.2) is 23.8 Å². The van der Waals surface area contributed by atoms with Crippen LogP contribution in [-0.4, -0.2) is 59.4 Å². The number of urea groups is 1. The number of fused-ring (bicyclic) bond motifs is 1. The van der Waals surface area contributed by atoms with Crippen molar-refractivity contribution in [2.75, 3.05) is 13.1 Å². The molecule has 0 saturated heterocycles. The molecule has 2 aliphatic carbocycles. The van der Waals surface area contributed by atoms with E-state index in [1.165, 1.54) is 22.8 Å². The first kappa shape index (κ1) is 17.5. The summed E-state index contributed by atoms with van der Waals surface area (Å²) in [6.07, 6.45) is 5.24. The highest BCUT2D eigenvalue weighted by Crippen LogP contribution is 2.36. The van der Waals surface area contributed by atoms with Gasteiger partial charge in [0.25, 0.3) is 0 Å². The van der Waals surface area contributed by atoms with Gasteiger partial charge in [-0.1, -0.05) is 6.08 Å². The van der Waals surface area contributed by atoms with Gasteiger partial charge >= 0.3 is 11.9 Å². The van der Waals surface area contributed by atoms with Gasteiger partial charge in [-0.05, 0) is 38.8 Å². The maximum absolute atomic E-state index is 12.6. The van der Waals surface area contributed by atoms with Gasteiger partial charge in [-0.3, -0.25) is 0 Å². The van der Waals surface area contributed by atoms with E-state index in [1.54, 1.807) is 13.8 Å². The van der Waals surface area contributed by atoms with Crippen LogP contribution in [0.3, 0.4) is 0 Å². The minimum atomic E-state index is -3.85. The Kier molecular flexibility index (Phi) is 4.13. The van der Waals surface area contributed by atoms with Crippen LogP contribution in [0.1, 0.15) is 26.7 Å². The number of imide groups is 1. The van der Waals surface area contributed by atoms with Crippen molar-refractivity contribution in [2.45, 2.75) is 37.5 Å². The number of hydrogen-bond acceptors (Lipinski definition) is 5. The van der Waals surface area contributed by atoms with E-state index in [2.05, 4.69) is 4.72 Å². The van der Waals surface area contributed by atoms with Gasteiger partial charge in [0.05, 0.1) is 19.2 Å². The lowest BCUT2D eigenvalue weighted by Crippen LogP contribution is -2.52. The number of nitrogens with one attached hydrogen (secondary N) is 1. The van der Waals surface area contributed by atoms with Crippen LogP contribution in [0.5, 0.6) is 0 Å². The van der Waals surface area contributed by atoms with Crippen LogP contribution in [0.4, 0.5) is 4.79 Å². The fourth-order valence-electron chi connectivity index (χ4n) is 2.96. The summed E-state index contributed by atoms with van der Waals surface area (Å²) in [6, 6.07) is 1.57. The fraction of sp³-hybridized carbons (Fsp3) is 0.500. The molecule has 0 spiro atoms. The van der Waals surface area contributed by atoms with Gasteiger partial charge in [-0.2, -0.15) is 24.3 Å². The summed E-state index contributed by atoms with van der Waals surface area (Å²) in [7, 11) is -3.85. The van der Waals surface area contributed by atoms with Gasteiger partial charge in [0, 0.05) is 0 Å². The monoisotopic (exact) mass is 363 g/mol. The predicted octanol–water partition coefficient (Wildman–Crippen LogP) is 0.282. The molecule has 1 aliphatic heterocycles. The molecule has 1 saturated carbocycles. The Morgan fingerprint density at radius 2 is 2.08 bits per heavy atom. The Bertz CT molecular complexity index is 888. The molecular weight excluding hydrogens is 344 g/mol. The second kappa shape index (κ2) is 5.89. The number of sulfonamides is 1. The molecule has 0 aromatic heterocycles. The average Bonchev–Trinajstić information content (AvgIpc) is 3.35. The molecule has 0 aromatic carbocycles. The number of carbonyl (C=O) groups is 2. The Labute approximate surface area is 146 Å². The minimum absolute atomic E-state index is 0.197. The van der Waals surface area contributed by atoms with E-state index in [1.807, 2.05) is 6.07 Å². The highest BCUT2D eigenvalue weighted by atomic mass is 32.2. The lowest BCUT2D eigenvalue weighted by Gasteiger charge is -2.25. The standard InChI is InChI=1S/C16H19N4O4S/c1-3-19-13-6-5-11(25(23,24)18-16(10-17)7-8-16)9-12(13)14(21)20(4-2)15(19)22/h5-6,9,11,18H,3-4,7-8H2,1-2H3/q+1. The summed E-state index contributed by atoms with van der Waals surface area (Å²) >= 11 is 0. The molecule has 0 bridgehead atoms. The van der Waals surface area contributed by atoms with Crippen LogP contribution in [-0.2, 0) is 14.8 Å². The van der Waals surface area contributed by atoms with Gasteiger partial charge < -0.3 is 0 Å². The molecule has 3 rings (SSSR count). The summed E-state index contributed by atoms with van der Waals surface area (Å²) < 4.78 is 29.0. The normalized spacial score (nSPS) is 24.8. The van der Waals surface area contributed by atoms with E-state index < -0.39 is 32.8 Å². The number of nitrogens with zero attached hydrogens (tertiary/aromatic N) is 3. The molecule has 1 unspecified atom stereocenters. The molecule has 25 heavy (non-hydrogen) atoms. The van der Waals surface area contributed by atoms with E-state index in [0.29, 0.717) is 25.1 Å². The van der Waals surface area contributed by atoms with Crippen LogP contribution in [0, 0.1) is 11.3 Å². The predicted molar refractivity (Wildman–Crippen MR) is 89.2 cm³/mol. The molecule has 3 amide bonds. The van der Waals surface area contributed by atoms with E-state index in [-0.39, 0.29) is 12.1 Å². The van der Waals surface area contributed by atoms with Crippen molar-refractivity contribution >= 4 is 27.7 Å². The Hall–Kier alpha value is -2.31. The van der Waals surface area contributed by atoms with Gasteiger partial charge in [-0.15, -0.1) is 0 Å². The van der Waals surface area contributed by atoms with Gasteiger partial charge in [-0.25, -0.2) is 13.2 Å². The zero-order valence-electron chi connectivity index (χ0n) is 14.0. The van der Waals surface area contributed by atoms with E-state index in [4.69, 9.17) is 5.26 Å². The summed E-state index contributed by atoms with van der Waals surface area (Å²) in [5, 5.41) is 8.03. The average molecular weight is 363 g/mol. The zero-order valence-corrected chi connectivity index (χ0v) is 14.8. The maximum atomic E-state index is 12.6. The second-order valence-electron chi connectivity index (χ2n) is 6.21. The van der Waals surface area contributed by atoms with E-state index in [0.717, 1.165) is 4.90 Å². The highest BCUT2D eigenvalue weighted by molar-refractivity contribution is 7.90. The first-order valence-electron chi connectivity index (χ1n) is 8.13. The largest absolute Gasteiger partial charge is 0.501 e. The molecule has 1 N–H and O–H groups in total. The highest BCUT2D eigenvalue weighted by Gasteiger charge is 2.49. The number of nitriles is 1. The quantitative estimate of drug-likeness (QED) is 0.706. The van der Waals surface area contributed by atoms with E-state index >= 15 is 0 Å². The van der Waals surface area contributed by atoms with Crippen LogP contribution in [0.25, 0.3) is 0 Å². The smallest absolute Gasteiger partial charge is 0.240 e. The SMILES string of the molecule is CCN1C(=O)C2=CC(S(=O)(=O)NC3(C#N)CC3)C=CC2=[N+](CC)C1=O. The van der Waals surface area contributed by atoms with Crippen molar-refractivity contribution in [2.24, 2.45) is 0 Å². The third-order valence-corrected chi connectivity index (χ3v) is 6.26. The van der Waals surface area contributed by atoms with Gasteiger partial charge in [0.2, 0.25) is 10.0 Å². The summed E-state index contributed by atoms with van der Waals surface area (Å²) in [4.78, 5) is 26.0. The summed E-state index contributed by atoms with van der Waals surface area (Å²) in [5.41, 5.74) is -0.412. The van der Waals surface area contributed by atoms with Crippen molar-refractivity contribution < 1.29 is 22.6 Å². The lowest BCUT2D eigenvalue weighted by atomic mass is 9.99. The first-order chi connectivity index (χ1) is 11.8. The van der Waals surface area contributed by atoms with Gasteiger partial charge in [0.15, 0.2) is 0 Å². The molecule has 9 heteroatoms. The number of allylic oxidation sites excluding steroid dienone is 1. The third-order valence-electron chi connectivity index (χ3n) is 4.57.